The van der Waals surface area contributed by atoms with Gasteiger partial charge in [0.2, 0.25) is 0 Å². The minimum atomic E-state index is 0.191. The van der Waals surface area contributed by atoms with Crippen molar-refractivity contribution in [2.75, 3.05) is 18.0 Å². The molecule has 2 heterocycles. The van der Waals surface area contributed by atoms with Gasteiger partial charge in [-0.1, -0.05) is 6.07 Å². The van der Waals surface area contributed by atoms with Crippen molar-refractivity contribution in [3.05, 3.63) is 23.9 Å². The van der Waals surface area contributed by atoms with Crippen LogP contribution in [-0.2, 0) is 0 Å². The Morgan fingerprint density at radius 1 is 1.56 bits per heavy atom. The molecule has 0 radical (unpaired) electrons. The van der Waals surface area contributed by atoms with Crippen LogP contribution in [0.25, 0.3) is 0 Å². The first-order chi connectivity index (χ1) is 7.66. The zero-order valence-corrected chi connectivity index (χ0v) is 9.61. The van der Waals surface area contributed by atoms with Crippen LogP contribution >= 0.6 is 0 Å². The van der Waals surface area contributed by atoms with E-state index in [0.717, 1.165) is 37.4 Å². The topological polar surface area (TPSA) is 66.0 Å². The van der Waals surface area contributed by atoms with E-state index in [4.69, 9.17) is 11.1 Å². The lowest BCUT2D eigenvalue weighted by atomic mass is 9.97. The Kier molecular flexibility index (Phi) is 3.08. The minimum Gasteiger partial charge on any atom is -0.387 e. The molecule has 1 atom stereocenters. The molecular formula is C12H18N4. The molecule has 4 heteroatoms. The van der Waals surface area contributed by atoms with E-state index in [2.05, 4.69) is 9.88 Å². The lowest BCUT2D eigenvalue weighted by Crippen LogP contribution is -2.41. The van der Waals surface area contributed by atoms with Crippen LogP contribution < -0.4 is 10.6 Å². The predicted octanol–water partition coefficient (Wildman–Crippen LogP) is 1.54. The van der Waals surface area contributed by atoms with Gasteiger partial charge in [-0.2, -0.15) is 0 Å². The molecule has 1 unspecified atom stereocenters. The molecule has 0 spiro atoms. The third kappa shape index (κ3) is 2.32. The number of anilines is 1. The molecule has 16 heavy (non-hydrogen) atoms. The van der Waals surface area contributed by atoms with Crippen LogP contribution in [0.1, 0.15) is 18.5 Å². The van der Waals surface area contributed by atoms with Crippen molar-refractivity contribution in [1.82, 2.24) is 4.98 Å². The second-order valence-electron chi connectivity index (χ2n) is 4.38. The molecule has 1 aliphatic heterocycles. The van der Waals surface area contributed by atoms with Gasteiger partial charge in [-0.15, -0.1) is 0 Å². The Labute approximate surface area is 96.0 Å². The Bertz CT molecular complexity index is 388. The van der Waals surface area contributed by atoms with E-state index in [-0.39, 0.29) is 5.92 Å². The molecule has 1 aromatic heterocycles. The van der Waals surface area contributed by atoms with Crippen LogP contribution in [0.4, 0.5) is 5.82 Å². The number of piperidine rings is 1. The summed E-state index contributed by atoms with van der Waals surface area (Å²) in [5.41, 5.74) is 6.60. The molecule has 2 rings (SSSR count). The van der Waals surface area contributed by atoms with Crippen molar-refractivity contribution in [3.8, 4) is 0 Å². The Morgan fingerprint density at radius 2 is 2.38 bits per heavy atom. The maximum atomic E-state index is 7.51. The van der Waals surface area contributed by atoms with E-state index in [1.165, 1.54) is 0 Å². The first-order valence-corrected chi connectivity index (χ1v) is 5.69. The summed E-state index contributed by atoms with van der Waals surface area (Å²) in [4.78, 5) is 6.73. The Hall–Kier alpha value is -1.58. The minimum absolute atomic E-state index is 0.191. The SMILES string of the molecule is Cc1cccc(N2CCCC(C(=N)N)C2)n1. The number of amidine groups is 1. The maximum Gasteiger partial charge on any atom is 0.128 e. The molecule has 0 aromatic carbocycles. The van der Waals surface area contributed by atoms with E-state index >= 15 is 0 Å². The Balaban J connectivity index is 2.12. The third-order valence-corrected chi connectivity index (χ3v) is 3.06. The van der Waals surface area contributed by atoms with E-state index in [1.54, 1.807) is 0 Å². The fraction of sp³-hybridized carbons (Fsp3) is 0.500. The zero-order valence-electron chi connectivity index (χ0n) is 9.61. The molecule has 1 aromatic rings. The lowest BCUT2D eigenvalue weighted by molar-refractivity contribution is 0.500. The highest BCUT2D eigenvalue weighted by atomic mass is 15.2. The number of hydrogen-bond donors (Lipinski definition) is 2. The smallest absolute Gasteiger partial charge is 0.128 e. The number of pyridine rings is 1. The highest BCUT2D eigenvalue weighted by molar-refractivity contribution is 5.80. The van der Waals surface area contributed by atoms with Gasteiger partial charge in [0.25, 0.3) is 0 Å². The number of nitrogens with two attached hydrogens (primary N) is 1. The van der Waals surface area contributed by atoms with E-state index in [9.17, 15) is 0 Å². The average Bonchev–Trinajstić information content (AvgIpc) is 2.29. The molecule has 3 N–H and O–H groups in total. The molecule has 0 amide bonds. The maximum absolute atomic E-state index is 7.51. The van der Waals surface area contributed by atoms with Crippen LogP contribution in [0, 0.1) is 18.3 Å². The van der Waals surface area contributed by atoms with Crippen LogP contribution in [-0.4, -0.2) is 23.9 Å². The number of hydrogen-bond acceptors (Lipinski definition) is 3. The van der Waals surface area contributed by atoms with E-state index in [1.807, 2.05) is 25.1 Å². The van der Waals surface area contributed by atoms with E-state index < -0.39 is 0 Å². The molecule has 0 saturated carbocycles. The molecule has 1 aliphatic rings. The fourth-order valence-corrected chi connectivity index (χ4v) is 2.14. The monoisotopic (exact) mass is 218 g/mol. The molecular weight excluding hydrogens is 200 g/mol. The molecule has 0 aliphatic carbocycles. The Morgan fingerprint density at radius 3 is 3.06 bits per heavy atom. The van der Waals surface area contributed by atoms with Crippen LogP contribution in [0.5, 0.6) is 0 Å². The lowest BCUT2D eigenvalue weighted by Gasteiger charge is -2.33. The van der Waals surface area contributed by atoms with Gasteiger partial charge < -0.3 is 10.6 Å². The van der Waals surface area contributed by atoms with Crippen molar-refractivity contribution in [2.24, 2.45) is 11.7 Å². The fourth-order valence-electron chi connectivity index (χ4n) is 2.14. The summed E-state index contributed by atoms with van der Waals surface area (Å²) in [6, 6.07) is 6.04. The van der Waals surface area contributed by atoms with Gasteiger partial charge in [0, 0.05) is 24.7 Å². The summed E-state index contributed by atoms with van der Waals surface area (Å²) < 4.78 is 0. The quantitative estimate of drug-likeness (QED) is 0.584. The van der Waals surface area contributed by atoms with Gasteiger partial charge >= 0.3 is 0 Å². The average molecular weight is 218 g/mol. The van der Waals surface area contributed by atoms with Gasteiger partial charge in [-0.05, 0) is 31.9 Å². The van der Waals surface area contributed by atoms with Gasteiger partial charge in [-0.3, -0.25) is 5.41 Å². The number of aryl methyl sites for hydroxylation is 1. The van der Waals surface area contributed by atoms with Crippen molar-refractivity contribution >= 4 is 11.7 Å². The second kappa shape index (κ2) is 4.51. The largest absolute Gasteiger partial charge is 0.387 e. The second-order valence-corrected chi connectivity index (χ2v) is 4.38. The third-order valence-electron chi connectivity index (χ3n) is 3.06. The molecule has 1 fully saturated rings. The first-order valence-electron chi connectivity index (χ1n) is 5.69. The summed E-state index contributed by atoms with van der Waals surface area (Å²) in [7, 11) is 0. The number of nitrogens with zero attached hydrogens (tertiary/aromatic N) is 2. The van der Waals surface area contributed by atoms with Crippen LogP contribution in [0.15, 0.2) is 18.2 Å². The summed E-state index contributed by atoms with van der Waals surface area (Å²) in [6.07, 6.45) is 2.11. The first kappa shape index (κ1) is 10.9. The summed E-state index contributed by atoms with van der Waals surface area (Å²) in [6.45, 7) is 3.84. The van der Waals surface area contributed by atoms with Crippen molar-refractivity contribution < 1.29 is 0 Å². The summed E-state index contributed by atoms with van der Waals surface area (Å²) in [5.74, 6) is 1.50. The summed E-state index contributed by atoms with van der Waals surface area (Å²) in [5, 5.41) is 7.51. The number of nitrogens with one attached hydrogen (secondary N) is 1. The van der Waals surface area contributed by atoms with Crippen LogP contribution in [0.3, 0.4) is 0 Å². The highest BCUT2D eigenvalue weighted by Crippen LogP contribution is 2.21. The van der Waals surface area contributed by atoms with Gasteiger partial charge in [0.05, 0.1) is 5.84 Å². The van der Waals surface area contributed by atoms with Crippen LogP contribution in [0.2, 0.25) is 0 Å². The van der Waals surface area contributed by atoms with Gasteiger partial charge in [-0.25, -0.2) is 4.98 Å². The molecule has 86 valence electrons. The number of rotatable bonds is 2. The van der Waals surface area contributed by atoms with E-state index in [0.29, 0.717) is 5.84 Å². The van der Waals surface area contributed by atoms with Crippen molar-refractivity contribution in [2.45, 2.75) is 19.8 Å². The van der Waals surface area contributed by atoms with Gasteiger partial charge in [0.15, 0.2) is 0 Å². The van der Waals surface area contributed by atoms with Crippen molar-refractivity contribution in [1.29, 1.82) is 5.41 Å². The molecule has 1 saturated heterocycles. The predicted molar refractivity (Wildman–Crippen MR) is 65.8 cm³/mol. The highest BCUT2D eigenvalue weighted by Gasteiger charge is 2.22. The molecule has 4 nitrogen and oxygen atoms in total. The van der Waals surface area contributed by atoms with Gasteiger partial charge in [0.1, 0.15) is 5.82 Å². The number of aromatic nitrogens is 1. The normalized spacial score (nSPS) is 20.8. The standard InChI is InChI=1S/C12H18N4/c1-9-4-2-6-11(15-9)16-7-3-5-10(8-16)12(13)14/h2,4,6,10H,3,5,7-8H2,1H3,(H3,13,14). The van der Waals surface area contributed by atoms with Crippen molar-refractivity contribution in [3.63, 3.8) is 0 Å². The molecule has 0 bridgehead atoms. The zero-order chi connectivity index (χ0) is 11.5. The summed E-state index contributed by atoms with van der Waals surface area (Å²) >= 11 is 0.